The smallest absolute Gasteiger partial charge is 0.348 e. The number of alkyl halides is 1. The fourth-order valence-corrected chi connectivity index (χ4v) is 6.02. The molecular weight excluding hydrogens is 627 g/mol. The molecular formula is C35H42BrFN2O5. The van der Waals surface area contributed by atoms with Gasteiger partial charge in [0.2, 0.25) is 5.67 Å². The van der Waals surface area contributed by atoms with E-state index in [-0.39, 0.29) is 32.0 Å². The van der Waals surface area contributed by atoms with Crippen LogP contribution < -0.4 is 5.73 Å². The van der Waals surface area contributed by atoms with Crippen LogP contribution in [-0.2, 0) is 31.2 Å². The molecule has 0 bridgehead atoms. The van der Waals surface area contributed by atoms with Gasteiger partial charge in [0.15, 0.2) is 0 Å². The average molecular weight is 670 g/mol. The first-order chi connectivity index (χ1) is 21.2. The fourth-order valence-electron chi connectivity index (χ4n) is 5.52. The standard InChI is InChI=1S/C35H42BrFN2O5/c1-3-39(30-12-8-5-9-13-30)24-28-22-27(23-31(36)32(28)38)33(40)43-20-18-42-19-21-44-34(41)35(2,37)29-16-14-26(15-17-29)25-10-6-4-7-11-25/h4,6-7,10-11,14-17,22-23,30H,3,5,8-9,12-13,18-21,24,38H2,1-2H3. The van der Waals surface area contributed by atoms with E-state index in [1.807, 2.05) is 30.3 Å². The summed E-state index contributed by atoms with van der Waals surface area (Å²) in [5, 5.41) is 0. The van der Waals surface area contributed by atoms with E-state index >= 15 is 4.39 Å². The maximum atomic E-state index is 15.3. The molecule has 236 valence electrons. The van der Waals surface area contributed by atoms with Crippen LogP contribution in [0.25, 0.3) is 11.1 Å². The van der Waals surface area contributed by atoms with Crippen LogP contribution in [0.15, 0.2) is 71.2 Å². The predicted molar refractivity (Wildman–Crippen MR) is 174 cm³/mol. The van der Waals surface area contributed by atoms with Gasteiger partial charge in [-0.2, -0.15) is 0 Å². The summed E-state index contributed by atoms with van der Waals surface area (Å²) < 4.78 is 31.9. The fraction of sp³-hybridized carbons (Fsp3) is 0.429. The van der Waals surface area contributed by atoms with Crippen LogP contribution in [-0.4, -0.2) is 55.9 Å². The highest BCUT2D eigenvalue weighted by Gasteiger charge is 2.37. The second-order valence-corrected chi connectivity index (χ2v) is 12.1. The minimum Gasteiger partial charge on any atom is -0.461 e. The van der Waals surface area contributed by atoms with E-state index < -0.39 is 17.6 Å². The topological polar surface area (TPSA) is 91.1 Å². The molecule has 1 unspecified atom stereocenters. The third-order valence-corrected chi connectivity index (χ3v) is 8.82. The van der Waals surface area contributed by atoms with Crippen molar-refractivity contribution in [1.29, 1.82) is 0 Å². The van der Waals surface area contributed by atoms with E-state index in [1.165, 1.54) is 39.0 Å². The third kappa shape index (κ3) is 8.89. The van der Waals surface area contributed by atoms with Crippen molar-refractivity contribution < 1.29 is 28.2 Å². The second kappa shape index (κ2) is 16.2. The Morgan fingerprint density at radius 1 is 0.932 bits per heavy atom. The van der Waals surface area contributed by atoms with Crippen LogP contribution in [0.4, 0.5) is 10.1 Å². The molecule has 9 heteroatoms. The Kier molecular flexibility index (Phi) is 12.3. The summed E-state index contributed by atoms with van der Waals surface area (Å²) in [5.74, 6) is -1.47. The molecule has 1 aliphatic carbocycles. The van der Waals surface area contributed by atoms with Gasteiger partial charge in [0, 0.05) is 22.6 Å². The number of nitrogens with two attached hydrogens (primary N) is 1. The molecule has 0 heterocycles. The third-order valence-electron chi connectivity index (χ3n) is 8.16. The number of carbonyl (C=O) groups is 2. The molecule has 1 atom stereocenters. The van der Waals surface area contributed by atoms with E-state index in [0.717, 1.165) is 23.2 Å². The van der Waals surface area contributed by atoms with E-state index in [9.17, 15) is 9.59 Å². The molecule has 0 radical (unpaired) electrons. The van der Waals surface area contributed by atoms with Gasteiger partial charge in [-0.05, 0) is 71.1 Å². The monoisotopic (exact) mass is 668 g/mol. The number of esters is 2. The zero-order valence-electron chi connectivity index (χ0n) is 25.5. The molecule has 0 saturated heterocycles. The second-order valence-electron chi connectivity index (χ2n) is 11.2. The number of benzene rings is 3. The molecule has 0 aliphatic heterocycles. The number of hydrogen-bond acceptors (Lipinski definition) is 7. The van der Waals surface area contributed by atoms with E-state index in [1.54, 1.807) is 36.4 Å². The first kappa shape index (κ1) is 33.6. The summed E-state index contributed by atoms with van der Waals surface area (Å²) in [7, 11) is 0. The molecule has 1 saturated carbocycles. The number of hydrogen-bond donors (Lipinski definition) is 1. The van der Waals surface area contributed by atoms with Gasteiger partial charge in [-0.25, -0.2) is 14.0 Å². The molecule has 3 aromatic carbocycles. The lowest BCUT2D eigenvalue weighted by atomic mass is 9.93. The molecule has 2 N–H and O–H groups in total. The van der Waals surface area contributed by atoms with Gasteiger partial charge in [-0.3, -0.25) is 4.90 Å². The Morgan fingerprint density at radius 2 is 1.57 bits per heavy atom. The van der Waals surface area contributed by atoms with E-state index in [2.05, 4.69) is 27.8 Å². The summed E-state index contributed by atoms with van der Waals surface area (Å²) in [6.45, 7) is 4.95. The quantitative estimate of drug-likeness (QED) is 0.108. The lowest BCUT2D eigenvalue weighted by Crippen LogP contribution is -2.36. The maximum absolute atomic E-state index is 15.3. The van der Waals surface area contributed by atoms with Crippen molar-refractivity contribution in [3.63, 3.8) is 0 Å². The summed E-state index contributed by atoms with van der Waals surface area (Å²) in [4.78, 5) is 27.7. The van der Waals surface area contributed by atoms with Gasteiger partial charge in [0.1, 0.15) is 13.2 Å². The Balaban J connectivity index is 1.19. The number of nitrogen functional groups attached to an aromatic ring is 1. The van der Waals surface area contributed by atoms with Crippen LogP contribution in [0.3, 0.4) is 0 Å². The van der Waals surface area contributed by atoms with Gasteiger partial charge in [0.05, 0.1) is 24.5 Å². The zero-order valence-corrected chi connectivity index (χ0v) is 27.1. The minimum atomic E-state index is -2.30. The van der Waals surface area contributed by atoms with Crippen LogP contribution >= 0.6 is 15.9 Å². The van der Waals surface area contributed by atoms with Crippen LogP contribution in [0.1, 0.15) is 67.4 Å². The Morgan fingerprint density at radius 3 is 2.23 bits per heavy atom. The Labute approximate surface area is 268 Å². The van der Waals surface area contributed by atoms with Crippen molar-refractivity contribution in [2.24, 2.45) is 0 Å². The van der Waals surface area contributed by atoms with Crippen LogP contribution in [0, 0.1) is 0 Å². The van der Waals surface area contributed by atoms with Crippen LogP contribution in [0.2, 0.25) is 0 Å². The van der Waals surface area contributed by atoms with Crippen molar-refractivity contribution >= 4 is 33.6 Å². The lowest BCUT2D eigenvalue weighted by Gasteiger charge is -2.34. The van der Waals surface area contributed by atoms with Gasteiger partial charge < -0.3 is 19.9 Å². The number of rotatable bonds is 14. The highest BCUT2D eigenvalue weighted by molar-refractivity contribution is 9.10. The molecule has 0 spiro atoms. The summed E-state index contributed by atoms with van der Waals surface area (Å²) >= 11 is 3.49. The van der Waals surface area contributed by atoms with Crippen molar-refractivity contribution in [3.05, 3.63) is 87.9 Å². The van der Waals surface area contributed by atoms with Gasteiger partial charge in [-0.15, -0.1) is 0 Å². The van der Waals surface area contributed by atoms with E-state index in [0.29, 0.717) is 28.3 Å². The van der Waals surface area contributed by atoms with Crippen LogP contribution in [0.5, 0.6) is 0 Å². The normalized spacial score (nSPS) is 15.1. The highest BCUT2D eigenvalue weighted by atomic mass is 79.9. The number of nitrogens with zero attached hydrogens (tertiary/aromatic N) is 1. The Hall–Kier alpha value is -3.27. The van der Waals surface area contributed by atoms with Crippen molar-refractivity contribution in [2.75, 3.05) is 38.7 Å². The number of anilines is 1. The predicted octanol–water partition coefficient (Wildman–Crippen LogP) is 7.45. The number of ether oxygens (including phenoxy) is 3. The molecule has 4 rings (SSSR count). The highest BCUT2D eigenvalue weighted by Crippen LogP contribution is 2.31. The van der Waals surface area contributed by atoms with Crippen molar-refractivity contribution in [1.82, 2.24) is 4.90 Å². The number of carbonyl (C=O) groups excluding carboxylic acids is 2. The van der Waals surface area contributed by atoms with Gasteiger partial charge in [-0.1, -0.05) is 80.8 Å². The van der Waals surface area contributed by atoms with Gasteiger partial charge in [0.25, 0.3) is 0 Å². The zero-order chi connectivity index (χ0) is 31.5. The molecule has 1 aliphatic rings. The van der Waals surface area contributed by atoms with Gasteiger partial charge >= 0.3 is 11.9 Å². The molecule has 3 aromatic rings. The van der Waals surface area contributed by atoms with Crippen molar-refractivity contribution in [3.8, 4) is 11.1 Å². The molecule has 7 nitrogen and oxygen atoms in total. The molecule has 1 fully saturated rings. The molecule has 0 amide bonds. The summed E-state index contributed by atoms with van der Waals surface area (Å²) in [6.07, 6.45) is 6.16. The first-order valence-corrected chi connectivity index (χ1v) is 16.1. The lowest BCUT2D eigenvalue weighted by molar-refractivity contribution is -0.159. The summed E-state index contributed by atoms with van der Waals surface area (Å²) in [6, 6.07) is 20.5. The minimum absolute atomic E-state index is 0.0157. The SMILES string of the molecule is CCN(Cc1cc(C(=O)OCCOCCOC(=O)C(C)(F)c2ccc(-c3ccccc3)cc2)cc(Br)c1N)C1CCCCC1. The molecule has 44 heavy (non-hydrogen) atoms. The maximum Gasteiger partial charge on any atom is 0.348 e. The summed E-state index contributed by atoms with van der Waals surface area (Å²) in [5.41, 5.74) is 8.12. The van der Waals surface area contributed by atoms with E-state index in [4.69, 9.17) is 19.9 Å². The molecule has 0 aromatic heterocycles. The first-order valence-electron chi connectivity index (χ1n) is 15.3. The number of halogens is 2. The Bertz CT molecular complexity index is 1380. The van der Waals surface area contributed by atoms with Crippen molar-refractivity contribution in [2.45, 2.75) is 64.2 Å². The largest absolute Gasteiger partial charge is 0.461 e. The average Bonchev–Trinajstić information content (AvgIpc) is 3.05.